The summed E-state index contributed by atoms with van der Waals surface area (Å²) in [4.78, 5) is 27.2. The van der Waals surface area contributed by atoms with Gasteiger partial charge in [0.1, 0.15) is 5.75 Å². The first-order chi connectivity index (χ1) is 14.0. The van der Waals surface area contributed by atoms with E-state index in [1.165, 1.54) is 0 Å². The second-order valence-corrected chi connectivity index (χ2v) is 7.49. The van der Waals surface area contributed by atoms with Gasteiger partial charge >= 0.3 is 0 Å². The average Bonchev–Trinajstić information content (AvgIpc) is 2.74. The molecule has 2 aliphatic heterocycles. The number of piperidine rings is 1. The van der Waals surface area contributed by atoms with Crippen molar-refractivity contribution in [3.63, 3.8) is 0 Å². The maximum atomic E-state index is 12.8. The quantitative estimate of drug-likeness (QED) is 0.804. The van der Waals surface area contributed by atoms with Crippen LogP contribution in [0.3, 0.4) is 0 Å². The average molecular weight is 392 g/mol. The van der Waals surface area contributed by atoms with Gasteiger partial charge in [0.05, 0.1) is 12.8 Å². The fourth-order valence-electron chi connectivity index (χ4n) is 3.61. The number of nitrogens with one attached hydrogen (secondary N) is 1. The summed E-state index contributed by atoms with van der Waals surface area (Å²) in [6, 6.07) is 12.6. The Bertz CT molecular complexity index is 975. The summed E-state index contributed by atoms with van der Waals surface area (Å²) in [5.74, 6) is 1.62. The number of para-hydroxylation sites is 1. The largest absolute Gasteiger partial charge is 0.496 e. The molecular weight excluding hydrogens is 368 g/mol. The fourth-order valence-corrected chi connectivity index (χ4v) is 3.61. The molecule has 1 fully saturated rings. The first kappa shape index (κ1) is 19.1. The number of amides is 2. The van der Waals surface area contributed by atoms with Crippen LogP contribution >= 0.6 is 0 Å². The maximum Gasteiger partial charge on any atom is 0.291 e. The van der Waals surface area contributed by atoms with E-state index in [-0.39, 0.29) is 17.6 Å². The Morgan fingerprint density at radius 1 is 1.21 bits per heavy atom. The van der Waals surface area contributed by atoms with Gasteiger partial charge in [0.2, 0.25) is 0 Å². The second-order valence-electron chi connectivity index (χ2n) is 7.49. The third-order valence-electron chi connectivity index (χ3n) is 5.41. The maximum absolute atomic E-state index is 12.8. The predicted molar refractivity (Wildman–Crippen MR) is 111 cm³/mol. The summed E-state index contributed by atoms with van der Waals surface area (Å²) >= 11 is 0. The molecule has 0 atom stereocenters. The highest BCUT2D eigenvalue weighted by atomic mass is 16.5. The molecule has 2 aromatic carbocycles. The lowest BCUT2D eigenvalue weighted by Crippen LogP contribution is -2.38. The molecule has 2 amide bonds. The number of carbonyl (C=O) groups is 2. The molecule has 6 heteroatoms. The zero-order valence-corrected chi connectivity index (χ0v) is 16.6. The SMILES string of the molecule is COc1ccccc1C=C1Oc2ccc(C(=O)N3CCC(C)CC3)cc2NC1=O. The van der Waals surface area contributed by atoms with E-state index in [1.54, 1.807) is 31.4 Å². The van der Waals surface area contributed by atoms with Gasteiger partial charge in [0.15, 0.2) is 11.5 Å². The van der Waals surface area contributed by atoms with Gasteiger partial charge in [-0.1, -0.05) is 25.1 Å². The molecule has 0 radical (unpaired) electrons. The van der Waals surface area contributed by atoms with Gasteiger partial charge in [0, 0.05) is 24.2 Å². The molecular formula is C23H24N2O4. The van der Waals surface area contributed by atoms with Crippen molar-refractivity contribution >= 4 is 23.6 Å². The van der Waals surface area contributed by atoms with Crippen molar-refractivity contribution in [1.82, 2.24) is 4.90 Å². The number of rotatable bonds is 3. The third-order valence-corrected chi connectivity index (χ3v) is 5.41. The van der Waals surface area contributed by atoms with Gasteiger partial charge in [0.25, 0.3) is 11.8 Å². The zero-order valence-electron chi connectivity index (χ0n) is 16.6. The number of fused-ring (bicyclic) bond motifs is 1. The minimum absolute atomic E-state index is 0.00990. The van der Waals surface area contributed by atoms with Crippen LogP contribution in [0.1, 0.15) is 35.7 Å². The van der Waals surface area contributed by atoms with E-state index in [0.717, 1.165) is 31.5 Å². The minimum atomic E-state index is -0.361. The second kappa shape index (κ2) is 7.99. The van der Waals surface area contributed by atoms with Crippen molar-refractivity contribution in [3.8, 4) is 11.5 Å². The molecule has 0 unspecified atom stereocenters. The molecule has 2 aromatic rings. The molecule has 6 nitrogen and oxygen atoms in total. The molecule has 0 saturated carbocycles. The molecule has 0 spiro atoms. The van der Waals surface area contributed by atoms with E-state index in [1.807, 2.05) is 29.2 Å². The van der Waals surface area contributed by atoms with Gasteiger partial charge in [-0.15, -0.1) is 0 Å². The molecule has 4 rings (SSSR count). The number of methoxy groups -OCH3 is 1. The van der Waals surface area contributed by atoms with Crippen LogP contribution in [-0.2, 0) is 4.79 Å². The Balaban J connectivity index is 1.56. The normalized spacial score (nSPS) is 18.1. The Morgan fingerprint density at radius 2 is 1.97 bits per heavy atom. The van der Waals surface area contributed by atoms with Crippen LogP contribution in [0.25, 0.3) is 6.08 Å². The highest BCUT2D eigenvalue weighted by Gasteiger charge is 2.26. The summed E-state index contributed by atoms with van der Waals surface area (Å²) in [7, 11) is 1.58. The monoisotopic (exact) mass is 392 g/mol. The Kier molecular flexibility index (Phi) is 5.25. The van der Waals surface area contributed by atoms with Crippen molar-refractivity contribution in [2.45, 2.75) is 19.8 Å². The van der Waals surface area contributed by atoms with Crippen molar-refractivity contribution in [1.29, 1.82) is 0 Å². The molecule has 150 valence electrons. The van der Waals surface area contributed by atoms with E-state index < -0.39 is 0 Å². The van der Waals surface area contributed by atoms with Gasteiger partial charge in [-0.2, -0.15) is 0 Å². The first-order valence-electron chi connectivity index (χ1n) is 9.82. The van der Waals surface area contributed by atoms with Crippen LogP contribution < -0.4 is 14.8 Å². The first-order valence-corrected chi connectivity index (χ1v) is 9.82. The van der Waals surface area contributed by atoms with Gasteiger partial charge in [-0.05, 0) is 49.1 Å². The van der Waals surface area contributed by atoms with Crippen LogP contribution in [0, 0.1) is 5.92 Å². The fraction of sp³-hybridized carbons (Fsp3) is 0.304. The van der Waals surface area contributed by atoms with E-state index in [0.29, 0.717) is 28.7 Å². The van der Waals surface area contributed by atoms with Crippen LogP contribution in [-0.4, -0.2) is 36.9 Å². The predicted octanol–water partition coefficient (Wildman–Crippen LogP) is 3.94. The Hall–Kier alpha value is -3.28. The highest BCUT2D eigenvalue weighted by Crippen LogP contribution is 2.33. The molecule has 2 heterocycles. The number of nitrogens with zero attached hydrogens (tertiary/aromatic N) is 1. The van der Waals surface area contributed by atoms with E-state index in [9.17, 15) is 9.59 Å². The molecule has 29 heavy (non-hydrogen) atoms. The van der Waals surface area contributed by atoms with Crippen molar-refractivity contribution in [3.05, 3.63) is 59.4 Å². The smallest absolute Gasteiger partial charge is 0.291 e. The third kappa shape index (κ3) is 3.97. The van der Waals surface area contributed by atoms with E-state index in [2.05, 4.69) is 12.2 Å². The van der Waals surface area contributed by atoms with Crippen LogP contribution in [0.2, 0.25) is 0 Å². The molecule has 1 saturated heterocycles. The lowest BCUT2D eigenvalue weighted by atomic mass is 9.98. The summed E-state index contributed by atoms with van der Waals surface area (Å²) in [5, 5.41) is 2.83. The standard InChI is InChI=1S/C23H24N2O4/c1-15-9-11-25(12-10-15)23(27)17-7-8-20-18(13-17)24-22(26)21(29-20)14-16-5-3-4-6-19(16)28-2/h3-8,13-15H,9-12H2,1-2H3,(H,24,26). The number of likely N-dealkylation sites (tertiary alicyclic amines) is 1. The number of hydrogen-bond donors (Lipinski definition) is 1. The number of anilines is 1. The molecule has 1 N–H and O–H groups in total. The topological polar surface area (TPSA) is 67.9 Å². The van der Waals surface area contributed by atoms with Crippen LogP contribution in [0.4, 0.5) is 5.69 Å². The number of ether oxygens (including phenoxy) is 2. The molecule has 0 aromatic heterocycles. The number of benzene rings is 2. The lowest BCUT2D eigenvalue weighted by molar-refractivity contribution is -0.115. The van der Waals surface area contributed by atoms with Crippen LogP contribution in [0.5, 0.6) is 11.5 Å². The Morgan fingerprint density at radius 3 is 2.72 bits per heavy atom. The number of carbonyl (C=O) groups excluding carboxylic acids is 2. The lowest BCUT2D eigenvalue weighted by Gasteiger charge is -2.30. The van der Waals surface area contributed by atoms with Crippen molar-refractivity contribution in [2.24, 2.45) is 5.92 Å². The minimum Gasteiger partial charge on any atom is -0.496 e. The van der Waals surface area contributed by atoms with Gasteiger partial charge in [-0.3, -0.25) is 9.59 Å². The van der Waals surface area contributed by atoms with Crippen molar-refractivity contribution < 1.29 is 19.1 Å². The zero-order chi connectivity index (χ0) is 20.4. The highest BCUT2D eigenvalue weighted by molar-refractivity contribution is 6.09. The number of hydrogen-bond acceptors (Lipinski definition) is 4. The summed E-state index contributed by atoms with van der Waals surface area (Å²) in [5.41, 5.74) is 1.80. The van der Waals surface area contributed by atoms with E-state index >= 15 is 0 Å². The van der Waals surface area contributed by atoms with Gasteiger partial charge in [-0.25, -0.2) is 0 Å². The summed E-state index contributed by atoms with van der Waals surface area (Å²) in [6.07, 6.45) is 3.69. The molecule has 0 bridgehead atoms. The molecule has 0 aliphatic carbocycles. The van der Waals surface area contributed by atoms with Crippen LogP contribution in [0.15, 0.2) is 48.2 Å². The van der Waals surface area contributed by atoms with Crippen molar-refractivity contribution in [2.75, 3.05) is 25.5 Å². The summed E-state index contributed by atoms with van der Waals surface area (Å²) < 4.78 is 11.1. The molecule has 2 aliphatic rings. The van der Waals surface area contributed by atoms with E-state index in [4.69, 9.17) is 9.47 Å². The van der Waals surface area contributed by atoms with Gasteiger partial charge < -0.3 is 19.7 Å². The summed E-state index contributed by atoms with van der Waals surface area (Å²) in [6.45, 7) is 3.75. The Labute approximate surface area is 170 Å².